The van der Waals surface area contributed by atoms with E-state index in [-0.39, 0.29) is 5.02 Å². The molecule has 4 rings (SSSR count). The minimum Gasteiger partial charge on any atom is -0.263 e. The predicted molar refractivity (Wildman–Crippen MR) is 100.0 cm³/mol. The fourth-order valence-corrected chi connectivity index (χ4v) is 3.07. The third kappa shape index (κ3) is 3.08. The van der Waals surface area contributed by atoms with Gasteiger partial charge in [-0.05, 0) is 42.3 Å². The zero-order chi connectivity index (χ0) is 18.3. The summed E-state index contributed by atoms with van der Waals surface area (Å²) < 4.78 is 15.1. The lowest BCUT2D eigenvalue weighted by Crippen LogP contribution is -1.96. The van der Waals surface area contributed by atoms with Gasteiger partial charge in [0.25, 0.3) is 0 Å². The summed E-state index contributed by atoms with van der Waals surface area (Å²) >= 11 is 5.89. The third-order valence-electron chi connectivity index (χ3n) is 4.11. The van der Waals surface area contributed by atoms with Crippen molar-refractivity contribution in [3.8, 4) is 17.1 Å². The molecule has 0 unspecified atom stereocenters. The number of benzene rings is 2. The molecular weight excluding hydrogens is 353 g/mol. The first-order chi connectivity index (χ1) is 12.5. The van der Waals surface area contributed by atoms with Crippen LogP contribution in [0.3, 0.4) is 0 Å². The Hall–Kier alpha value is -2.73. The zero-order valence-electron chi connectivity index (χ0n) is 14.4. The molecule has 5 nitrogen and oxygen atoms in total. The van der Waals surface area contributed by atoms with Crippen molar-refractivity contribution in [1.82, 2.24) is 25.0 Å². The Balaban J connectivity index is 1.71. The van der Waals surface area contributed by atoms with E-state index < -0.39 is 5.82 Å². The Kier molecular flexibility index (Phi) is 4.20. The first-order valence-electron chi connectivity index (χ1n) is 8.36. The number of hydrogen-bond donors (Lipinski definition) is 1. The number of hydrogen-bond acceptors (Lipinski definition) is 3. The van der Waals surface area contributed by atoms with E-state index >= 15 is 0 Å². The quantitative estimate of drug-likeness (QED) is 0.562. The van der Waals surface area contributed by atoms with Crippen LogP contribution in [0.1, 0.15) is 19.7 Å². The van der Waals surface area contributed by atoms with Gasteiger partial charge in [0.15, 0.2) is 5.82 Å². The van der Waals surface area contributed by atoms with Gasteiger partial charge >= 0.3 is 0 Å². The van der Waals surface area contributed by atoms with Gasteiger partial charge in [-0.25, -0.2) is 14.1 Å². The second kappa shape index (κ2) is 6.53. The zero-order valence-corrected chi connectivity index (χ0v) is 15.1. The maximum absolute atomic E-state index is 13.4. The van der Waals surface area contributed by atoms with E-state index in [1.54, 1.807) is 23.0 Å². The smallest absolute Gasteiger partial charge is 0.181 e. The highest BCUT2D eigenvalue weighted by atomic mass is 35.5. The monoisotopic (exact) mass is 369 g/mol. The standard InChI is InChI=1S/C19H17ClFN5/c1-11(2)7-18-23-19(25-24-18)12-3-6-17-13(8-12)10-22-26(17)14-4-5-16(21)15(20)9-14/h3-6,8-11H,7H2,1-2H3,(H,23,24,25). The molecule has 0 aliphatic carbocycles. The average Bonchev–Trinajstić information content (AvgIpc) is 3.23. The van der Waals surface area contributed by atoms with Crippen LogP contribution in [0.2, 0.25) is 5.02 Å². The van der Waals surface area contributed by atoms with Crippen LogP contribution in [-0.2, 0) is 6.42 Å². The number of fused-ring (bicyclic) bond motifs is 1. The molecule has 0 bridgehead atoms. The summed E-state index contributed by atoms with van der Waals surface area (Å²) in [6.45, 7) is 4.29. The lowest BCUT2D eigenvalue weighted by Gasteiger charge is -2.05. The molecule has 26 heavy (non-hydrogen) atoms. The Morgan fingerprint density at radius 2 is 2.04 bits per heavy atom. The largest absolute Gasteiger partial charge is 0.263 e. The first-order valence-corrected chi connectivity index (χ1v) is 8.74. The topological polar surface area (TPSA) is 59.4 Å². The van der Waals surface area contributed by atoms with E-state index in [9.17, 15) is 4.39 Å². The molecule has 0 radical (unpaired) electrons. The molecule has 0 spiro atoms. The summed E-state index contributed by atoms with van der Waals surface area (Å²) in [5.41, 5.74) is 2.52. The summed E-state index contributed by atoms with van der Waals surface area (Å²) in [4.78, 5) is 4.56. The molecule has 132 valence electrons. The highest BCUT2D eigenvalue weighted by Crippen LogP contribution is 2.26. The normalized spacial score (nSPS) is 11.6. The van der Waals surface area contributed by atoms with E-state index in [0.29, 0.717) is 17.4 Å². The number of nitrogens with one attached hydrogen (secondary N) is 1. The van der Waals surface area contributed by atoms with Gasteiger partial charge < -0.3 is 0 Å². The van der Waals surface area contributed by atoms with Crippen molar-refractivity contribution in [3.63, 3.8) is 0 Å². The van der Waals surface area contributed by atoms with Gasteiger partial charge in [-0.15, -0.1) is 0 Å². The molecule has 0 aliphatic heterocycles. The maximum Gasteiger partial charge on any atom is 0.181 e. The third-order valence-corrected chi connectivity index (χ3v) is 4.40. The molecule has 0 atom stereocenters. The second-order valence-electron chi connectivity index (χ2n) is 6.63. The number of aromatic amines is 1. The van der Waals surface area contributed by atoms with E-state index in [1.807, 2.05) is 18.2 Å². The van der Waals surface area contributed by atoms with E-state index in [1.165, 1.54) is 6.07 Å². The number of rotatable bonds is 4. The fraction of sp³-hybridized carbons (Fsp3) is 0.211. The van der Waals surface area contributed by atoms with Gasteiger partial charge in [-0.3, -0.25) is 5.10 Å². The average molecular weight is 370 g/mol. The Labute approximate surface area is 154 Å². The van der Waals surface area contributed by atoms with Crippen LogP contribution < -0.4 is 0 Å². The molecule has 0 fully saturated rings. The van der Waals surface area contributed by atoms with Crippen molar-refractivity contribution >= 4 is 22.5 Å². The fourth-order valence-electron chi connectivity index (χ4n) is 2.90. The van der Waals surface area contributed by atoms with Crippen molar-refractivity contribution in [3.05, 3.63) is 59.3 Å². The van der Waals surface area contributed by atoms with Crippen LogP contribution >= 0.6 is 11.6 Å². The van der Waals surface area contributed by atoms with Gasteiger partial charge in [0.1, 0.15) is 11.6 Å². The van der Waals surface area contributed by atoms with E-state index in [2.05, 4.69) is 34.1 Å². The van der Waals surface area contributed by atoms with E-state index in [4.69, 9.17) is 11.6 Å². The molecule has 0 aliphatic rings. The van der Waals surface area contributed by atoms with Crippen molar-refractivity contribution in [2.75, 3.05) is 0 Å². The van der Waals surface area contributed by atoms with Gasteiger partial charge in [-0.1, -0.05) is 25.4 Å². The van der Waals surface area contributed by atoms with Crippen LogP contribution in [0.5, 0.6) is 0 Å². The van der Waals surface area contributed by atoms with Crippen LogP contribution in [0.15, 0.2) is 42.6 Å². The highest BCUT2D eigenvalue weighted by Gasteiger charge is 2.11. The Bertz CT molecular complexity index is 1080. The summed E-state index contributed by atoms with van der Waals surface area (Å²) in [6, 6.07) is 10.4. The second-order valence-corrected chi connectivity index (χ2v) is 7.04. The number of aromatic nitrogens is 5. The summed E-state index contributed by atoms with van der Waals surface area (Å²) in [7, 11) is 0. The number of halogens is 2. The lowest BCUT2D eigenvalue weighted by atomic mass is 10.1. The van der Waals surface area contributed by atoms with E-state index in [0.717, 1.165) is 28.7 Å². The molecule has 7 heteroatoms. The Morgan fingerprint density at radius 3 is 2.81 bits per heavy atom. The lowest BCUT2D eigenvalue weighted by molar-refractivity contribution is 0.622. The van der Waals surface area contributed by atoms with Gasteiger partial charge in [0, 0.05) is 17.4 Å². The molecule has 1 N–H and O–H groups in total. The first kappa shape index (κ1) is 16.7. The van der Waals surface area contributed by atoms with Crippen LogP contribution in [0, 0.1) is 11.7 Å². The highest BCUT2D eigenvalue weighted by molar-refractivity contribution is 6.30. The molecule has 0 amide bonds. The van der Waals surface area contributed by atoms with Crippen LogP contribution in [0.4, 0.5) is 4.39 Å². The number of H-pyrrole nitrogens is 1. The summed E-state index contributed by atoms with van der Waals surface area (Å²) in [5, 5.41) is 12.7. The van der Waals surface area contributed by atoms with Crippen LogP contribution in [-0.4, -0.2) is 25.0 Å². The molecule has 2 aromatic carbocycles. The summed E-state index contributed by atoms with van der Waals surface area (Å²) in [5.74, 6) is 1.61. The van der Waals surface area contributed by atoms with Crippen molar-refractivity contribution in [1.29, 1.82) is 0 Å². The predicted octanol–water partition coefficient (Wildman–Crippen LogP) is 4.80. The molecule has 0 saturated heterocycles. The number of nitrogens with zero attached hydrogens (tertiary/aromatic N) is 4. The van der Waals surface area contributed by atoms with Crippen molar-refractivity contribution in [2.24, 2.45) is 5.92 Å². The molecule has 2 aromatic heterocycles. The van der Waals surface area contributed by atoms with Crippen molar-refractivity contribution < 1.29 is 4.39 Å². The minimum atomic E-state index is -0.448. The summed E-state index contributed by atoms with van der Waals surface area (Å²) in [6.07, 6.45) is 2.62. The molecule has 0 saturated carbocycles. The maximum atomic E-state index is 13.4. The molecular formula is C19H17ClFN5. The Morgan fingerprint density at radius 1 is 1.19 bits per heavy atom. The molecule has 2 heterocycles. The molecule has 4 aromatic rings. The minimum absolute atomic E-state index is 0.0705. The van der Waals surface area contributed by atoms with Gasteiger partial charge in [-0.2, -0.15) is 10.2 Å². The van der Waals surface area contributed by atoms with Gasteiger partial charge in [0.2, 0.25) is 0 Å². The SMILES string of the molecule is CC(C)Cc1nc(-c2ccc3c(cnn3-c3ccc(F)c(Cl)c3)c2)n[nH]1. The van der Waals surface area contributed by atoms with Crippen LogP contribution in [0.25, 0.3) is 28.0 Å². The van der Waals surface area contributed by atoms with Crippen molar-refractivity contribution in [2.45, 2.75) is 20.3 Å². The van der Waals surface area contributed by atoms with Gasteiger partial charge in [0.05, 0.1) is 22.4 Å².